The van der Waals surface area contributed by atoms with Gasteiger partial charge in [-0.15, -0.1) is 0 Å². The van der Waals surface area contributed by atoms with E-state index in [-0.39, 0.29) is 30.5 Å². The SMILES string of the molecule is COc1ccc2c(ccn2CC(=O)N(C)c2c(N)n(Cc3ccccc3)c(=O)[nH]c2=O)c1. The Morgan fingerprint density at radius 1 is 1.12 bits per heavy atom. The van der Waals surface area contributed by atoms with E-state index in [9.17, 15) is 14.4 Å². The summed E-state index contributed by atoms with van der Waals surface area (Å²) in [6, 6.07) is 16.7. The van der Waals surface area contributed by atoms with Gasteiger partial charge in [0.15, 0.2) is 5.69 Å². The van der Waals surface area contributed by atoms with Crippen molar-refractivity contribution in [2.24, 2.45) is 0 Å². The molecule has 0 aliphatic heterocycles. The molecule has 0 aliphatic carbocycles. The number of amides is 1. The third-order valence-corrected chi connectivity index (χ3v) is 5.39. The van der Waals surface area contributed by atoms with Gasteiger partial charge in [-0.3, -0.25) is 19.1 Å². The first kappa shape index (κ1) is 21.0. The number of hydrogen-bond donors (Lipinski definition) is 2. The average Bonchev–Trinajstić information content (AvgIpc) is 3.18. The van der Waals surface area contributed by atoms with Crippen LogP contribution in [0.15, 0.2) is 70.4 Å². The van der Waals surface area contributed by atoms with Gasteiger partial charge in [0.25, 0.3) is 5.56 Å². The molecule has 0 atom stereocenters. The number of nitrogens with zero attached hydrogens (tertiary/aromatic N) is 3. The number of anilines is 2. The van der Waals surface area contributed by atoms with E-state index in [2.05, 4.69) is 4.98 Å². The number of benzene rings is 2. The number of fused-ring (bicyclic) bond motifs is 1. The summed E-state index contributed by atoms with van der Waals surface area (Å²) in [5.41, 5.74) is 6.47. The fourth-order valence-corrected chi connectivity index (χ4v) is 3.64. The molecular formula is C23H23N5O4. The Morgan fingerprint density at radius 2 is 1.88 bits per heavy atom. The highest BCUT2D eigenvalue weighted by atomic mass is 16.5. The van der Waals surface area contributed by atoms with Crippen LogP contribution in [0.4, 0.5) is 11.5 Å². The van der Waals surface area contributed by atoms with Crippen LogP contribution in [0.25, 0.3) is 10.9 Å². The lowest BCUT2D eigenvalue weighted by atomic mass is 10.2. The fourth-order valence-electron chi connectivity index (χ4n) is 3.64. The van der Waals surface area contributed by atoms with E-state index < -0.39 is 11.2 Å². The van der Waals surface area contributed by atoms with Crippen LogP contribution in [0.1, 0.15) is 5.56 Å². The van der Waals surface area contributed by atoms with Crippen LogP contribution < -0.4 is 26.6 Å². The van der Waals surface area contributed by atoms with Crippen LogP contribution >= 0.6 is 0 Å². The molecule has 1 amide bonds. The van der Waals surface area contributed by atoms with Gasteiger partial charge in [0, 0.05) is 24.1 Å². The van der Waals surface area contributed by atoms with Gasteiger partial charge in [0.2, 0.25) is 5.91 Å². The quantitative estimate of drug-likeness (QED) is 0.481. The predicted molar refractivity (Wildman–Crippen MR) is 123 cm³/mol. The van der Waals surface area contributed by atoms with E-state index in [1.807, 2.05) is 54.6 Å². The molecule has 0 aliphatic rings. The highest BCUT2D eigenvalue weighted by Crippen LogP contribution is 2.23. The van der Waals surface area contributed by atoms with Gasteiger partial charge in [-0.1, -0.05) is 30.3 Å². The Bertz CT molecular complexity index is 1400. The van der Waals surface area contributed by atoms with Gasteiger partial charge in [-0.2, -0.15) is 0 Å². The maximum Gasteiger partial charge on any atom is 0.330 e. The van der Waals surface area contributed by atoms with Gasteiger partial charge in [-0.05, 0) is 29.8 Å². The van der Waals surface area contributed by atoms with Crippen LogP contribution in [0.2, 0.25) is 0 Å². The number of nitrogen functional groups attached to an aromatic ring is 1. The minimum absolute atomic E-state index is 0.0109. The lowest BCUT2D eigenvalue weighted by molar-refractivity contribution is -0.118. The second kappa shape index (κ2) is 8.46. The molecule has 0 unspecified atom stereocenters. The Morgan fingerprint density at radius 3 is 2.59 bits per heavy atom. The van der Waals surface area contributed by atoms with Crippen molar-refractivity contribution in [2.45, 2.75) is 13.1 Å². The Balaban J connectivity index is 1.64. The standard InChI is InChI=1S/C23H23N5O4/c1-26(19(29)14-27-11-10-16-12-17(32-2)8-9-18(16)27)20-21(24)28(23(31)25-22(20)30)13-15-6-4-3-5-7-15/h3-12H,13-14,24H2,1-2H3,(H,25,30,31). The average molecular weight is 433 g/mol. The van der Waals surface area contributed by atoms with Gasteiger partial charge in [0.1, 0.15) is 18.1 Å². The molecule has 0 bridgehead atoms. The molecule has 2 heterocycles. The topological polar surface area (TPSA) is 115 Å². The summed E-state index contributed by atoms with van der Waals surface area (Å²) >= 11 is 0. The van der Waals surface area contributed by atoms with Crippen molar-refractivity contribution < 1.29 is 9.53 Å². The number of rotatable bonds is 6. The van der Waals surface area contributed by atoms with Crippen molar-refractivity contribution in [2.75, 3.05) is 24.8 Å². The van der Waals surface area contributed by atoms with Crippen molar-refractivity contribution in [1.82, 2.24) is 14.1 Å². The molecule has 164 valence electrons. The molecular weight excluding hydrogens is 410 g/mol. The maximum atomic E-state index is 13.0. The fraction of sp³-hybridized carbons (Fsp3) is 0.174. The third kappa shape index (κ3) is 3.87. The maximum absolute atomic E-state index is 13.0. The highest BCUT2D eigenvalue weighted by molar-refractivity contribution is 5.96. The second-order valence-electron chi connectivity index (χ2n) is 7.39. The first-order valence-electron chi connectivity index (χ1n) is 9.95. The van der Waals surface area contributed by atoms with E-state index in [1.165, 1.54) is 16.5 Å². The number of aromatic amines is 1. The largest absolute Gasteiger partial charge is 0.497 e. The second-order valence-corrected chi connectivity index (χ2v) is 7.39. The van der Waals surface area contributed by atoms with Crippen LogP contribution in [0.3, 0.4) is 0 Å². The number of likely N-dealkylation sites (N-methyl/N-ethyl adjacent to an activating group) is 1. The summed E-state index contributed by atoms with van der Waals surface area (Å²) < 4.78 is 8.25. The van der Waals surface area contributed by atoms with Crippen molar-refractivity contribution in [3.8, 4) is 5.75 Å². The van der Waals surface area contributed by atoms with Gasteiger partial charge in [-0.25, -0.2) is 4.79 Å². The molecule has 0 fully saturated rings. The molecule has 9 heteroatoms. The molecule has 32 heavy (non-hydrogen) atoms. The van der Waals surface area contributed by atoms with E-state index >= 15 is 0 Å². The Kier molecular flexibility index (Phi) is 5.55. The molecule has 2 aromatic carbocycles. The smallest absolute Gasteiger partial charge is 0.330 e. The van der Waals surface area contributed by atoms with Crippen molar-refractivity contribution in [3.63, 3.8) is 0 Å². The summed E-state index contributed by atoms with van der Waals surface area (Å²) in [6.07, 6.45) is 1.79. The van der Waals surface area contributed by atoms with E-state index in [1.54, 1.807) is 17.9 Å². The van der Waals surface area contributed by atoms with Crippen molar-refractivity contribution in [1.29, 1.82) is 0 Å². The summed E-state index contributed by atoms with van der Waals surface area (Å²) in [5.74, 6) is 0.291. The summed E-state index contributed by atoms with van der Waals surface area (Å²) in [7, 11) is 3.06. The van der Waals surface area contributed by atoms with E-state index in [0.29, 0.717) is 0 Å². The Labute approximate surface area is 183 Å². The number of aromatic nitrogens is 3. The van der Waals surface area contributed by atoms with E-state index in [0.717, 1.165) is 22.2 Å². The molecule has 2 aromatic heterocycles. The van der Waals surface area contributed by atoms with Gasteiger partial charge < -0.3 is 19.9 Å². The van der Waals surface area contributed by atoms with Crippen LogP contribution in [0, 0.1) is 0 Å². The monoisotopic (exact) mass is 433 g/mol. The van der Waals surface area contributed by atoms with Crippen LogP contribution in [0.5, 0.6) is 5.75 Å². The summed E-state index contributed by atoms with van der Waals surface area (Å²) in [6.45, 7) is 0.157. The summed E-state index contributed by atoms with van der Waals surface area (Å²) in [5, 5.41) is 0.925. The zero-order chi connectivity index (χ0) is 22.8. The molecule has 0 radical (unpaired) electrons. The number of carbonyl (C=O) groups is 1. The molecule has 0 saturated carbocycles. The molecule has 4 rings (SSSR count). The molecule has 3 N–H and O–H groups in total. The van der Waals surface area contributed by atoms with Crippen LogP contribution in [-0.2, 0) is 17.9 Å². The number of carbonyl (C=O) groups excluding carboxylic acids is 1. The zero-order valence-electron chi connectivity index (χ0n) is 17.7. The third-order valence-electron chi connectivity index (χ3n) is 5.39. The van der Waals surface area contributed by atoms with E-state index in [4.69, 9.17) is 10.5 Å². The molecule has 0 spiro atoms. The minimum Gasteiger partial charge on any atom is -0.497 e. The van der Waals surface area contributed by atoms with Crippen LogP contribution in [-0.4, -0.2) is 34.2 Å². The highest BCUT2D eigenvalue weighted by Gasteiger charge is 2.21. The number of H-pyrrole nitrogens is 1. The number of nitrogens with two attached hydrogens (primary N) is 1. The van der Waals surface area contributed by atoms with Crippen molar-refractivity contribution in [3.05, 3.63) is 87.2 Å². The predicted octanol–water partition coefficient (Wildman–Crippen LogP) is 1.79. The number of hydrogen-bond acceptors (Lipinski definition) is 5. The summed E-state index contributed by atoms with van der Waals surface area (Å²) in [4.78, 5) is 41.4. The first-order valence-corrected chi connectivity index (χ1v) is 9.95. The Hall–Kier alpha value is -4.27. The lowest BCUT2D eigenvalue weighted by Crippen LogP contribution is -2.40. The van der Waals surface area contributed by atoms with Gasteiger partial charge in [0.05, 0.1) is 13.7 Å². The normalized spacial score (nSPS) is 10.9. The lowest BCUT2D eigenvalue weighted by Gasteiger charge is -2.21. The van der Waals surface area contributed by atoms with Crippen molar-refractivity contribution >= 4 is 28.3 Å². The zero-order valence-corrected chi connectivity index (χ0v) is 17.7. The number of nitrogens with one attached hydrogen (secondary N) is 1. The molecule has 0 saturated heterocycles. The number of methoxy groups -OCH3 is 1. The molecule has 9 nitrogen and oxygen atoms in total. The molecule has 4 aromatic rings. The first-order chi connectivity index (χ1) is 15.4. The number of ether oxygens (including phenoxy) is 1. The van der Waals surface area contributed by atoms with Gasteiger partial charge >= 0.3 is 5.69 Å². The minimum atomic E-state index is -0.713.